The number of anilines is 1. The lowest BCUT2D eigenvalue weighted by atomic mass is 9.83. The molecular weight excluding hydrogens is 520 g/mol. The first-order chi connectivity index (χ1) is 16.8. The fourth-order valence-electron chi connectivity index (χ4n) is 4.32. The van der Waals surface area contributed by atoms with E-state index >= 15 is 0 Å². The van der Waals surface area contributed by atoms with Crippen LogP contribution in [0.3, 0.4) is 0 Å². The van der Waals surface area contributed by atoms with Crippen LogP contribution in [-0.4, -0.2) is 52.9 Å². The molecule has 1 amide bonds. The van der Waals surface area contributed by atoms with Gasteiger partial charge < -0.3 is 19.4 Å². The number of thioether (sulfide) groups is 1. The van der Waals surface area contributed by atoms with E-state index in [0.29, 0.717) is 24.3 Å². The molecule has 2 aliphatic rings. The van der Waals surface area contributed by atoms with Crippen molar-refractivity contribution in [2.45, 2.75) is 45.4 Å². The van der Waals surface area contributed by atoms with Gasteiger partial charge in [0, 0.05) is 29.1 Å². The zero-order chi connectivity index (χ0) is 26.7. The summed E-state index contributed by atoms with van der Waals surface area (Å²) < 4.78 is 33.2. The minimum atomic E-state index is -4.25. The zero-order valence-electron chi connectivity index (χ0n) is 20.4. The average molecular weight is 549 g/mol. The van der Waals surface area contributed by atoms with E-state index in [1.54, 1.807) is 6.08 Å². The quantitative estimate of drug-likeness (QED) is 0.188. The smallest absolute Gasteiger partial charge is 0.266 e. The summed E-state index contributed by atoms with van der Waals surface area (Å²) in [6, 6.07) is 8.02. The molecule has 8 nitrogen and oxygen atoms in total. The van der Waals surface area contributed by atoms with Crippen LogP contribution in [-0.2, 0) is 25.1 Å². The molecule has 36 heavy (non-hydrogen) atoms. The Morgan fingerprint density at radius 3 is 2.53 bits per heavy atom. The Balaban J connectivity index is 1.90. The molecule has 3 rings (SSSR count). The van der Waals surface area contributed by atoms with Crippen LogP contribution < -0.4 is 10.0 Å². The van der Waals surface area contributed by atoms with E-state index in [9.17, 15) is 27.7 Å². The fourth-order valence-corrected chi connectivity index (χ4v) is 6.15. The molecule has 0 aromatic heterocycles. The van der Waals surface area contributed by atoms with Crippen molar-refractivity contribution in [3.05, 3.63) is 64.2 Å². The first kappa shape index (κ1) is 28.1. The van der Waals surface area contributed by atoms with Crippen molar-refractivity contribution in [1.82, 2.24) is 4.90 Å². The van der Waals surface area contributed by atoms with Gasteiger partial charge in [0.15, 0.2) is 0 Å². The van der Waals surface area contributed by atoms with Crippen LogP contribution in [0.25, 0.3) is 0 Å². The SMILES string of the molecule is CCC(=C\C=C1/N(CCCCS(=O)(=O)[O-])c2ccccc2C1(C)C)/C=C1/SC(=S)N(CC(=O)[O-])C1=O. The number of nitrogens with zero attached hydrogens (tertiary/aromatic N) is 2. The van der Waals surface area contributed by atoms with Gasteiger partial charge in [-0.15, -0.1) is 0 Å². The van der Waals surface area contributed by atoms with E-state index in [1.165, 1.54) is 0 Å². The first-order valence-corrected chi connectivity index (χ1v) is 14.3. The van der Waals surface area contributed by atoms with Crippen molar-refractivity contribution in [1.29, 1.82) is 0 Å². The van der Waals surface area contributed by atoms with Crippen LogP contribution >= 0.6 is 24.0 Å². The van der Waals surface area contributed by atoms with Gasteiger partial charge in [-0.1, -0.05) is 69.0 Å². The normalized spacial score (nSPS) is 20.1. The van der Waals surface area contributed by atoms with Gasteiger partial charge >= 0.3 is 0 Å². The van der Waals surface area contributed by atoms with Gasteiger partial charge in [0.05, 0.1) is 27.5 Å². The number of amides is 1. The molecule has 1 aromatic rings. The molecule has 0 bridgehead atoms. The van der Waals surface area contributed by atoms with E-state index in [4.69, 9.17) is 12.2 Å². The molecule has 2 aliphatic heterocycles. The first-order valence-electron chi connectivity index (χ1n) is 11.5. The second-order valence-electron chi connectivity index (χ2n) is 9.05. The summed E-state index contributed by atoms with van der Waals surface area (Å²) in [6.07, 6.45) is 7.11. The third kappa shape index (κ3) is 6.44. The van der Waals surface area contributed by atoms with Crippen molar-refractivity contribution in [2.75, 3.05) is 23.7 Å². The summed E-state index contributed by atoms with van der Waals surface area (Å²) in [7, 11) is -4.25. The van der Waals surface area contributed by atoms with Crippen LogP contribution in [0.1, 0.15) is 45.6 Å². The number of hydrogen-bond donors (Lipinski definition) is 0. The molecule has 0 aliphatic carbocycles. The average Bonchev–Trinajstić information content (AvgIpc) is 3.17. The fraction of sp³-hybridized carbons (Fsp3) is 0.400. The maximum absolute atomic E-state index is 12.6. The van der Waals surface area contributed by atoms with Crippen LogP contribution in [0, 0.1) is 0 Å². The van der Waals surface area contributed by atoms with Crippen molar-refractivity contribution >= 4 is 56.0 Å². The number of aliphatic carboxylic acids is 1. The summed E-state index contributed by atoms with van der Waals surface area (Å²) in [4.78, 5) is 27.1. The molecule has 194 valence electrons. The zero-order valence-corrected chi connectivity index (χ0v) is 22.8. The minimum absolute atomic E-state index is 0.183. The standard InChI is InChI=1S/C25H30N2O6S3/c1-4-17(15-20-23(30)27(16-22(28)29)24(34)35-20)11-12-21-25(2,3)18-9-5-6-10-19(18)26(21)13-7-8-14-36(31,32)33/h5-6,9-12,15H,4,7-8,13-14,16H2,1-3H3,(H,28,29)(H,31,32,33)/p-2/b17-11+,20-15+,21-12-. The molecule has 1 aromatic carbocycles. The Morgan fingerprint density at radius 1 is 1.19 bits per heavy atom. The lowest BCUT2D eigenvalue weighted by molar-refractivity contribution is -0.305. The van der Waals surface area contributed by atoms with Gasteiger partial charge in [-0.25, -0.2) is 8.42 Å². The van der Waals surface area contributed by atoms with Gasteiger partial charge in [-0.05, 0) is 48.6 Å². The molecule has 0 atom stereocenters. The lowest BCUT2D eigenvalue weighted by Crippen LogP contribution is -2.40. The van der Waals surface area contributed by atoms with Crippen molar-refractivity contribution in [2.24, 2.45) is 0 Å². The maximum Gasteiger partial charge on any atom is 0.266 e. The molecule has 2 heterocycles. The van der Waals surface area contributed by atoms with E-state index in [0.717, 1.165) is 39.2 Å². The minimum Gasteiger partial charge on any atom is -0.748 e. The topological polar surface area (TPSA) is 121 Å². The Bertz CT molecular complexity index is 1260. The lowest BCUT2D eigenvalue weighted by Gasteiger charge is -2.27. The van der Waals surface area contributed by atoms with Crippen LogP contribution in [0.15, 0.2) is 58.7 Å². The van der Waals surface area contributed by atoms with Gasteiger partial charge in [0.25, 0.3) is 5.91 Å². The monoisotopic (exact) mass is 548 g/mol. The van der Waals surface area contributed by atoms with E-state index in [-0.39, 0.29) is 21.9 Å². The van der Waals surface area contributed by atoms with Gasteiger partial charge in [-0.3, -0.25) is 9.69 Å². The number of benzene rings is 1. The number of fused-ring (bicyclic) bond motifs is 1. The number of rotatable bonds is 10. The third-order valence-corrected chi connectivity index (χ3v) is 8.33. The van der Waals surface area contributed by atoms with Crippen molar-refractivity contribution in [3.8, 4) is 0 Å². The number of carboxylic acids is 1. The van der Waals surface area contributed by atoms with Crippen molar-refractivity contribution < 1.29 is 27.7 Å². The summed E-state index contributed by atoms with van der Waals surface area (Å²) in [5.74, 6) is -2.22. The van der Waals surface area contributed by atoms with E-state index in [2.05, 4.69) is 24.8 Å². The summed E-state index contributed by atoms with van der Waals surface area (Å²) in [5.41, 5.74) is 3.72. The summed E-state index contributed by atoms with van der Waals surface area (Å²) in [6.45, 7) is 6.16. The summed E-state index contributed by atoms with van der Waals surface area (Å²) >= 11 is 6.22. The number of para-hydroxylation sites is 1. The van der Waals surface area contributed by atoms with Gasteiger partial charge in [-0.2, -0.15) is 0 Å². The Labute approximate surface area is 221 Å². The number of carbonyl (C=O) groups is 2. The number of hydrogen-bond acceptors (Lipinski definition) is 9. The second-order valence-corrected chi connectivity index (χ2v) is 12.2. The van der Waals surface area contributed by atoms with Gasteiger partial charge in [0.1, 0.15) is 4.32 Å². The van der Waals surface area contributed by atoms with Crippen molar-refractivity contribution in [3.63, 3.8) is 0 Å². The number of carbonyl (C=O) groups excluding carboxylic acids is 2. The highest BCUT2D eigenvalue weighted by molar-refractivity contribution is 8.26. The largest absolute Gasteiger partial charge is 0.748 e. The molecule has 0 radical (unpaired) electrons. The van der Waals surface area contributed by atoms with Gasteiger partial charge in [0.2, 0.25) is 0 Å². The number of unbranched alkanes of at least 4 members (excludes halogenated alkanes) is 1. The third-order valence-electron chi connectivity index (χ3n) is 6.17. The van der Waals surface area contributed by atoms with Crippen LogP contribution in [0.5, 0.6) is 0 Å². The molecule has 0 unspecified atom stereocenters. The Hall–Kier alpha value is -2.47. The predicted molar refractivity (Wildman–Crippen MR) is 142 cm³/mol. The molecule has 1 saturated heterocycles. The molecule has 1 fully saturated rings. The molecular formula is C25H28N2O6S3-2. The Kier molecular flexibility index (Phi) is 8.81. The van der Waals surface area contributed by atoms with E-state index < -0.39 is 28.5 Å². The number of thiocarbonyl (C=S) groups is 1. The Morgan fingerprint density at radius 2 is 1.89 bits per heavy atom. The number of carboxylic acid groups (broad SMARTS) is 1. The van der Waals surface area contributed by atoms with Crippen LogP contribution in [0.2, 0.25) is 0 Å². The van der Waals surface area contributed by atoms with E-state index in [1.807, 2.05) is 37.3 Å². The summed E-state index contributed by atoms with van der Waals surface area (Å²) in [5, 5.41) is 10.9. The molecule has 0 spiro atoms. The highest BCUT2D eigenvalue weighted by Gasteiger charge is 2.39. The highest BCUT2D eigenvalue weighted by Crippen LogP contribution is 2.47. The highest BCUT2D eigenvalue weighted by atomic mass is 32.2. The molecule has 0 N–H and O–H groups in total. The predicted octanol–water partition coefficient (Wildman–Crippen LogP) is 2.82. The number of allylic oxidation sites excluding steroid dienone is 5. The maximum atomic E-state index is 12.6. The second kappa shape index (κ2) is 11.3. The van der Waals surface area contributed by atoms with Crippen LogP contribution in [0.4, 0.5) is 5.69 Å². The molecule has 11 heteroatoms. The molecule has 0 saturated carbocycles.